The van der Waals surface area contributed by atoms with Crippen LogP contribution in [-0.4, -0.2) is 20.5 Å². The molecule has 2 N–H and O–H groups in total. The number of nitrogens with zero attached hydrogens (tertiary/aromatic N) is 1. The highest BCUT2D eigenvalue weighted by Crippen LogP contribution is 2.23. The van der Waals surface area contributed by atoms with Crippen molar-refractivity contribution in [2.24, 2.45) is 5.10 Å². The van der Waals surface area contributed by atoms with Crippen molar-refractivity contribution in [2.45, 2.75) is 18.7 Å². The number of halogens is 2. The number of hydrogen-bond acceptors (Lipinski definition) is 4. The van der Waals surface area contributed by atoms with Gasteiger partial charge in [0.25, 0.3) is 15.9 Å². The summed E-state index contributed by atoms with van der Waals surface area (Å²) in [6.45, 7) is 3.74. The van der Waals surface area contributed by atoms with Crippen molar-refractivity contribution < 1.29 is 13.2 Å². The van der Waals surface area contributed by atoms with Gasteiger partial charge in [0.1, 0.15) is 0 Å². The lowest BCUT2D eigenvalue weighted by molar-refractivity contribution is 0.0955. The summed E-state index contributed by atoms with van der Waals surface area (Å²) in [5, 5.41) is 4.63. The summed E-state index contributed by atoms with van der Waals surface area (Å²) >= 11 is 12.1. The van der Waals surface area contributed by atoms with E-state index in [0.717, 1.165) is 11.1 Å². The van der Waals surface area contributed by atoms with Crippen LogP contribution in [0.2, 0.25) is 10.0 Å². The number of benzene rings is 3. The van der Waals surface area contributed by atoms with E-state index in [1.807, 2.05) is 26.0 Å². The normalized spacial score (nSPS) is 11.5. The fraction of sp³-hybridized carbons (Fsp3) is 0.0909. The van der Waals surface area contributed by atoms with Crippen LogP contribution in [0.15, 0.2) is 70.7 Å². The second-order valence-electron chi connectivity index (χ2n) is 6.79. The van der Waals surface area contributed by atoms with Crippen LogP contribution in [0.3, 0.4) is 0 Å². The lowest BCUT2D eigenvalue weighted by Crippen LogP contribution is -2.19. The zero-order valence-electron chi connectivity index (χ0n) is 16.7. The fourth-order valence-corrected chi connectivity index (χ4v) is 4.46. The van der Waals surface area contributed by atoms with Crippen molar-refractivity contribution in [3.63, 3.8) is 0 Å². The van der Waals surface area contributed by atoms with E-state index >= 15 is 0 Å². The van der Waals surface area contributed by atoms with E-state index in [0.29, 0.717) is 21.3 Å². The number of rotatable bonds is 6. The highest BCUT2D eigenvalue weighted by atomic mass is 35.5. The van der Waals surface area contributed by atoms with Gasteiger partial charge in [-0.05, 0) is 55.8 Å². The molecule has 0 bridgehead atoms. The predicted octanol–water partition coefficient (Wildman–Crippen LogP) is 5.17. The maximum Gasteiger partial charge on any atom is 0.271 e. The number of nitrogens with one attached hydrogen (secondary N) is 2. The lowest BCUT2D eigenvalue weighted by Gasteiger charge is -2.12. The number of amides is 1. The third-order valence-corrected chi connectivity index (χ3v) is 6.41. The van der Waals surface area contributed by atoms with Crippen LogP contribution in [0.25, 0.3) is 0 Å². The molecule has 0 saturated carbocycles. The molecule has 0 aromatic heterocycles. The van der Waals surface area contributed by atoms with Crippen LogP contribution < -0.4 is 10.1 Å². The van der Waals surface area contributed by atoms with E-state index in [1.54, 1.807) is 24.3 Å². The first-order chi connectivity index (χ1) is 14.7. The Hall–Kier alpha value is -2.87. The minimum atomic E-state index is -3.88. The van der Waals surface area contributed by atoms with Gasteiger partial charge in [-0.1, -0.05) is 53.0 Å². The molecule has 0 fully saturated rings. The Morgan fingerprint density at radius 3 is 2.32 bits per heavy atom. The van der Waals surface area contributed by atoms with E-state index in [9.17, 15) is 13.2 Å². The number of carbonyl (C=O) groups excluding carboxylic acids is 1. The molecule has 0 saturated heterocycles. The van der Waals surface area contributed by atoms with Crippen LogP contribution in [0.1, 0.15) is 27.0 Å². The van der Waals surface area contributed by atoms with Crippen LogP contribution in [0.4, 0.5) is 5.69 Å². The highest BCUT2D eigenvalue weighted by Gasteiger charge is 2.17. The van der Waals surface area contributed by atoms with E-state index in [1.165, 1.54) is 30.5 Å². The van der Waals surface area contributed by atoms with Gasteiger partial charge in [0.15, 0.2) is 0 Å². The number of carbonyl (C=O) groups is 1. The Morgan fingerprint density at radius 1 is 0.968 bits per heavy atom. The molecule has 31 heavy (non-hydrogen) atoms. The molecule has 0 unspecified atom stereocenters. The summed E-state index contributed by atoms with van der Waals surface area (Å²) in [4.78, 5) is 12.4. The van der Waals surface area contributed by atoms with Crippen LogP contribution >= 0.6 is 23.2 Å². The number of anilines is 1. The first kappa shape index (κ1) is 22.8. The third-order valence-electron chi connectivity index (χ3n) is 4.39. The van der Waals surface area contributed by atoms with Gasteiger partial charge in [-0.3, -0.25) is 9.52 Å². The fourth-order valence-electron chi connectivity index (χ4n) is 2.79. The molecule has 3 aromatic carbocycles. The second kappa shape index (κ2) is 9.51. The smallest absolute Gasteiger partial charge is 0.271 e. The van der Waals surface area contributed by atoms with Gasteiger partial charge in [-0.2, -0.15) is 5.10 Å². The average molecular weight is 476 g/mol. The van der Waals surface area contributed by atoms with Gasteiger partial charge < -0.3 is 0 Å². The summed E-state index contributed by atoms with van der Waals surface area (Å²) in [5.74, 6) is -0.581. The Kier molecular flexibility index (Phi) is 7.00. The molecule has 0 aliphatic heterocycles. The minimum absolute atomic E-state index is 0.0433. The second-order valence-corrected chi connectivity index (χ2v) is 9.28. The Bertz CT molecular complexity index is 1250. The van der Waals surface area contributed by atoms with Crippen molar-refractivity contribution in [3.8, 4) is 0 Å². The van der Waals surface area contributed by atoms with Crippen molar-refractivity contribution in [3.05, 3.63) is 93.0 Å². The molecule has 0 radical (unpaired) electrons. The third kappa shape index (κ3) is 5.64. The minimum Gasteiger partial charge on any atom is -0.279 e. The molecule has 0 aliphatic carbocycles. The molecule has 160 valence electrons. The number of sulfonamides is 1. The number of hydrazone groups is 1. The zero-order valence-corrected chi connectivity index (χ0v) is 19.0. The summed E-state index contributed by atoms with van der Waals surface area (Å²) < 4.78 is 28.1. The van der Waals surface area contributed by atoms with E-state index in [2.05, 4.69) is 15.2 Å². The Labute approximate surface area is 190 Å². The van der Waals surface area contributed by atoms with Crippen molar-refractivity contribution in [1.82, 2.24) is 5.43 Å². The maximum absolute atomic E-state index is 12.8. The van der Waals surface area contributed by atoms with Crippen molar-refractivity contribution >= 4 is 51.0 Å². The molecular weight excluding hydrogens is 457 g/mol. The molecule has 6 nitrogen and oxygen atoms in total. The lowest BCUT2D eigenvalue weighted by atomic mass is 10.1. The topological polar surface area (TPSA) is 87.6 Å². The van der Waals surface area contributed by atoms with Crippen molar-refractivity contribution in [2.75, 3.05) is 4.72 Å². The zero-order chi connectivity index (χ0) is 22.6. The van der Waals surface area contributed by atoms with Gasteiger partial charge >= 0.3 is 0 Å². The van der Waals surface area contributed by atoms with Gasteiger partial charge in [-0.15, -0.1) is 0 Å². The summed E-state index contributed by atoms with van der Waals surface area (Å²) in [6.07, 6.45) is 1.32. The predicted molar refractivity (Wildman–Crippen MR) is 125 cm³/mol. The summed E-state index contributed by atoms with van der Waals surface area (Å²) in [6, 6.07) is 16.1. The molecule has 0 spiro atoms. The summed E-state index contributed by atoms with van der Waals surface area (Å²) in [7, 11) is -3.88. The quantitative estimate of drug-likeness (QED) is 0.380. The molecule has 1 amide bonds. The van der Waals surface area contributed by atoms with E-state index in [-0.39, 0.29) is 10.5 Å². The largest absolute Gasteiger partial charge is 0.279 e. The first-order valence-corrected chi connectivity index (χ1v) is 11.4. The van der Waals surface area contributed by atoms with Crippen LogP contribution in [0, 0.1) is 13.8 Å². The van der Waals surface area contributed by atoms with E-state index < -0.39 is 15.9 Å². The first-order valence-electron chi connectivity index (χ1n) is 9.15. The number of hydrogen-bond donors (Lipinski definition) is 2. The monoisotopic (exact) mass is 475 g/mol. The van der Waals surface area contributed by atoms with Gasteiger partial charge in [-0.25, -0.2) is 13.8 Å². The molecule has 3 rings (SSSR count). The van der Waals surface area contributed by atoms with Gasteiger partial charge in [0.05, 0.1) is 26.8 Å². The van der Waals surface area contributed by atoms with Crippen molar-refractivity contribution in [1.29, 1.82) is 0 Å². The average Bonchev–Trinajstić information content (AvgIpc) is 2.72. The number of aryl methyl sites for hydroxylation is 2. The van der Waals surface area contributed by atoms with Gasteiger partial charge in [0, 0.05) is 11.1 Å². The SMILES string of the molecule is Cc1ccc(NS(=O)(=O)c2cccc(C(=O)N/N=C/c3c(Cl)cccc3Cl)c2)c(C)c1. The maximum atomic E-state index is 12.8. The highest BCUT2D eigenvalue weighted by molar-refractivity contribution is 7.92. The van der Waals surface area contributed by atoms with Gasteiger partial charge in [0.2, 0.25) is 0 Å². The Balaban J connectivity index is 1.77. The standard InChI is InChI=1S/C22H19Cl2N3O3S/c1-14-9-10-21(15(2)11-14)27-31(29,30)17-6-3-5-16(12-17)22(28)26-25-13-18-19(23)7-4-8-20(18)24/h3-13,27H,1-2H3,(H,26,28)/b25-13+. The molecule has 0 atom stereocenters. The molecule has 0 aliphatic rings. The molecular formula is C22H19Cl2N3O3S. The van der Waals surface area contributed by atoms with Crippen LogP contribution in [0.5, 0.6) is 0 Å². The summed E-state index contributed by atoms with van der Waals surface area (Å²) in [5.41, 5.74) is 5.23. The van der Waals surface area contributed by atoms with Crippen LogP contribution in [-0.2, 0) is 10.0 Å². The molecule has 9 heteroatoms. The van der Waals surface area contributed by atoms with E-state index in [4.69, 9.17) is 23.2 Å². The molecule has 3 aromatic rings. The molecule has 0 heterocycles. The Morgan fingerprint density at radius 2 is 1.65 bits per heavy atom.